The summed E-state index contributed by atoms with van der Waals surface area (Å²) in [5.41, 5.74) is 7.22. The molecule has 1 aromatic heterocycles. The number of nitrogen functional groups attached to an aromatic ring is 1. The van der Waals surface area contributed by atoms with Gasteiger partial charge in [-0.3, -0.25) is 0 Å². The largest absolute Gasteiger partial charge is 0.383 e. The van der Waals surface area contributed by atoms with Crippen LogP contribution in [0.4, 0.5) is 10.2 Å². The van der Waals surface area contributed by atoms with Crippen LogP contribution in [0.25, 0.3) is 11.1 Å². The molecule has 17 heavy (non-hydrogen) atoms. The number of rotatable bonds is 2. The van der Waals surface area contributed by atoms with Crippen LogP contribution in [0.3, 0.4) is 0 Å². The fourth-order valence-electron chi connectivity index (χ4n) is 1.57. The lowest BCUT2D eigenvalue weighted by molar-refractivity contribution is 0.628. The second kappa shape index (κ2) is 4.49. The highest BCUT2D eigenvalue weighted by molar-refractivity contribution is 5.72. The third kappa shape index (κ3) is 2.41. The molecule has 3 nitrogen and oxygen atoms in total. The molecule has 0 spiro atoms. The summed E-state index contributed by atoms with van der Waals surface area (Å²) in [6.07, 6.45) is 1.65. The van der Waals surface area contributed by atoms with Crippen LogP contribution in [-0.2, 0) is 0 Å². The zero-order valence-electron chi connectivity index (χ0n) is 9.81. The zero-order chi connectivity index (χ0) is 12.4. The summed E-state index contributed by atoms with van der Waals surface area (Å²) in [5, 5.41) is 0. The molecule has 0 aliphatic rings. The fraction of sp³-hybridized carbons (Fsp3) is 0.231. The third-order valence-electron chi connectivity index (χ3n) is 2.49. The number of nitrogens with zero attached hydrogens (tertiary/aromatic N) is 2. The van der Waals surface area contributed by atoms with E-state index in [-0.39, 0.29) is 11.7 Å². The Balaban J connectivity index is 2.47. The summed E-state index contributed by atoms with van der Waals surface area (Å²) < 4.78 is 13.1. The zero-order valence-corrected chi connectivity index (χ0v) is 9.81. The summed E-state index contributed by atoms with van der Waals surface area (Å²) in [7, 11) is 0. The Morgan fingerprint density at radius 3 is 2.65 bits per heavy atom. The highest BCUT2D eigenvalue weighted by Gasteiger charge is 2.09. The van der Waals surface area contributed by atoms with Crippen molar-refractivity contribution >= 4 is 5.82 Å². The predicted molar refractivity (Wildman–Crippen MR) is 65.9 cm³/mol. The molecule has 0 aliphatic heterocycles. The van der Waals surface area contributed by atoms with Gasteiger partial charge in [0.15, 0.2) is 0 Å². The molecule has 0 unspecified atom stereocenters. The average molecular weight is 231 g/mol. The number of hydrogen-bond acceptors (Lipinski definition) is 3. The molecule has 0 fully saturated rings. The molecule has 0 bridgehead atoms. The molecule has 0 aliphatic carbocycles. The first-order chi connectivity index (χ1) is 8.08. The van der Waals surface area contributed by atoms with Crippen LogP contribution in [-0.4, -0.2) is 9.97 Å². The summed E-state index contributed by atoms with van der Waals surface area (Å²) in [4.78, 5) is 8.45. The van der Waals surface area contributed by atoms with Crippen LogP contribution in [0.5, 0.6) is 0 Å². The second-order valence-electron chi connectivity index (χ2n) is 4.19. The Kier molecular flexibility index (Phi) is 3.04. The van der Waals surface area contributed by atoms with Crippen LogP contribution < -0.4 is 5.73 Å². The first-order valence-corrected chi connectivity index (χ1v) is 5.46. The number of hydrogen-bond donors (Lipinski definition) is 1. The van der Waals surface area contributed by atoms with Crippen molar-refractivity contribution in [2.45, 2.75) is 19.8 Å². The van der Waals surface area contributed by atoms with Gasteiger partial charge < -0.3 is 5.73 Å². The monoisotopic (exact) mass is 231 g/mol. The maximum atomic E-state index is 13.1. The first-order valence-electron chi connectivity index (χ1n) is 5.46. The van der Waals surface area contributed by atoms with E-state index < -0.39 is 0 Å². The van der Waals surface area contributed by atoms with Crippen LogP contribution in [0, 0.1) is 5.82 Å². The number of halogens is 1. The van der Waals surface area contributed by atoms with E-state index in [2.05, 4.69) is 9.97 Å². The molecular formula is C13H14FN3. The van der Waals surface area contributed by atoms with E-state index in [0.717, 1.165) is 0 Å². The number of benzene rings is 1. The second-order valence-corrected chi connectivity index (χ2v) is 4.19. The maximum absolute atomic E-state index is 13.1. The van der Waals surface area contributed by atoms with E-state index in [1.807, 2.05) is 13.8 Å². The fourth-order valence-corrected chi connectivity index (χ4v) is 1.57. The van der Waals surface area contributed by atoms with Gasteiger partial charge in [-0.2, -0.15) is 0 Å². The van der Waals surface area contributed by atoms with E-state index in [0.29, 0.717) is 22.8 Å². The molecule has 2 N–H and O–H groups in total. The molecule has 0 amide bonds. The van der Waals surface area contributed by atoms with Gasteiger partial charge >= 0.3 is 0 Å². The van der Waals surface area contributed by atoms with Gasteiger partial charge in [-0.25, -0.2) is 14.4 Å². The molecule has 4 heteroatoms. The lowest BCUT2D eigenvalue weighted by atomic mass is 10.1. The van der Waals surface area contributed by atoms with Crippen molar-refractivity contribution in [2.24, 2.45) is 0 Å². The molecule has 1 heterocycles. The molecule has 2 rings (SSSR count). The average Bonchev–Trinajstić information content (AvgIpc) is 2.28. The summed E-state index contributed by atoms with van der Waals surface area (Å²) in [5.74, 6) is 1.01. The third-order valence-corrected chi connectivity index (χ3v) is 2.49. The summed E-state index contributed by atoms with van der Waals surface area (Å²) >= 11 is 0. The lowest BCUT2D eigenvalue weighted by Gasteiger charge is -2.08. The minimum atomic E-state index is -0.296. The SMILES string of the molecule is CC(C)c1ncc(-c2cccc(F)c2)c(N)n1. The molecular weight excluding hydrogens is 217 g/mol. The predicted octanol–water partition coefficient (Wildman–Crippen LogP) is 2.99. The van der Waals surface area contributed by atoms with Gasteiger partial charge in [-0.1, -0.05) is 26.0 Å². The highest BCUT2D eigenvalue weighted by Crippen LogP contribution is 2.25. The van der Waals surface area contributed by atoms with Crippen LogP contribution >= 0.6 is 0 Å². The molecule has 88 valence electrons. The van der Waals surface area contributed by atoms with Crippen molar-refractivity contribution in [3.05, 3.63) is 42.1 Å². The quantitative estimate of drug-likeness (QED) is 0.864. The maximum Gasteiger partial charge on any atom is 0.135 e. The van der Waals surface area contributed by atoms with Gasteiger partial charge in [-0.05, 0) is 17.7 Å². The minimum absolute atomic E-state index is 0.221. The molecule has 0 saturated carbocycles. The summed E-state index contributed by atoms with van der Waals surface area (Å²) in [6.45, 7) is 3.99. The highest BCUT2D eigenvalue weighted by atomic mass is 19.1. The number of aromatic nitrogens is 2. The van der Waals surface area contributed by atoms with Crippen molar-refractivity contribution < 1.29 is 4.39 Å². The topological polar surface area (TPSA) is 51.8 Å². The Morgan fingerprint density at radius 2 is 2.06 bits per heavy atom. The Labute approximate surface area is 99.5 Å². The first kappa shape index (κ1) is 11.5. The van der Waals surface area contributed by atoms with E-state index in [9.17, 15) is 4.39 Å². The Morgan fingerprint density at radius 1 is 1.29 bits per heavy atom. The van der Waals surface area contributed by atoms with Crippen molar-refractivity contribution in [3.8, 4) is 11.1 Å². The standard InChI is InChI=1S/C13H14FN3/c1-8(2)13-16-7-11(12(15)17-13)9-4-3-5-10(14)6-9/h3-8H,1-2H3,(H2,15,16,17). The van der Waals surface area contributed by atoms with Crippen LogP contribution in [0.15, 0.2) is 30.5 Å². The number of nitrogens with two attached hydrogens (primary N) is 1. The van der Waals surface area contributed by atoms with Gasteiger partial charge in [0.1, 0.15) is 17.5 Å². The Bertz CT molecular complexity index is 538. The minimum Gasteiger partial charge on any atom is -0.383 e. The van der Waals surface area contributed by atoms with E-state index in [4.69, 9.17) is 5.73 Å². The van der Waals surface area contributed by atoms with Crippen molar-refractivity contribution in [3.63, 3.8) is 0 Å². The van der Waals surface area contributed by atoms with E-state index in [1.165, 1.54) is 12.1 Å². The van der Waals surface area contributed by atoms with E-state index in [1.54, 1.807) is 18.3 Å². The molecule has 0 atom stereocenters. The van der Waals surface area contributed by atoms with Crippen molar-refractivity contribution in [1.29, 1.82) is 0 Å². The van der Waals surface area contributed by atoms with Crippen LogP contribution in [0.1, 0.15) is 25.6 Å². The number of anilines is 1. The molecule has 0 saturated heterocycles. The Hall–Kier alpha value is -1.97. The van der Waals surface area contributed by atoms with Crippen molar-refractivity contribution in [1.82, 2.24) is 9.97 Å². The molecule has 0 radical (unpaired) electrons. The van der Waals surface area contributed by atoms with Gasteiger partial charge in [0.2, 0.25) is 0 Å². The summed E-state index contributed by atoms with van der Waals surface area (Å²) in [6, 6.07) is 6.24. The normalized spacial score (nSPS) is 10.8. The van der Waals surface area contributed by atoms with Crippen molar-refractivity contribution in [2.75, 3.05) is 5.73 Å². The van der Waals surface area contributed by atoms with Gasteiger partial charge in [0, 0.05) is 17.7 Å². The van der Waals surface area contributed by atoms with Gasteiger partial charge in [0.25, 0.3) is 0 Å². The molecule has 1 aromatic carbocycles. The molecule has 2 aromatic rings. The smallest absolute Gasteiger partial charge is 0.135 e. The van der Waals surface area contributed by atoms with Gasteiger partial charge in [-0.15, -0.1) is 0 Å². The lowest BCUT2D eigenvalue weighted by Crippen LogP contribution is -2.03. The van der Waals surface area contributed by atoms with E-state index >= 15 is 0 Å². The van der Waals surface area contributed by atoms with Crippen LogP contribution in [0.2, 0.25) is 0 Å². The van der Waals surface area contributed by atoms with Gasteiger partial charge in [0.05, 0.1) is 0 Å².